The molecule has 0 fully saturated rings. The van der Waals surface area contributed by atoms with Gasteiger partial charge in [0.2, 0.25) is 0 Å². The van der Waals surface area contributed by atoms with Gasteiger partial charge in [0, 0.05) is 12.7 Å². The van der Waals surface area contributed by atoms with E-state index in [0.717, 1.165) is 23.6 Å². The predicted molar refractivity (Wildman–Crippen MR) is 63.4 cm³/mol. The van der Waals surface area contributed by atoms with Crippen molar-refractivity contribution in [1.29, 1.82) is 0 Å². The Kier molecular flexibility index (Phi) is 3.25. The van der Waals surface area contributed by atoms with Crippen molar-refractivity contribution in [3.63, 3.8) is 0 Å². The zero-order valence-corrected chi connectivity index (χ0v) is 9.68. The van der Waals surface area contributed by atoms with Crippen LogP contribution in [-0.4, -0.2) is 9.55 Å². The van der Waals surface area contributed by atoms with E-state index in [4.69, 9.17) is 4.74 Å². The molecule has 1 heterocycles. The Morgan fingerprint density at radius 1 is 1.31 bits per heavy atom. The normalized spacial score (nSPS) is 10.4. The number of hydrogen-bond donors (Lipinski definition) is 0. The molecule has 0 aliphatic heterocycles. The van der Waals surface area contributed by atoms with Crippen LogP contribution in [0.5, 0.6) is 5.75 Å². The van der Waals surface area contributed by atoms with Crippen LogP contribution in [0.25, 0.3) is 0 Å². The molecule has 0 saturated heterocycles. The first kappa shape index (κ1) is 10.7. The summed E-state index contributed by atoms with van der Waals surface area (Å²) in [7, 11) is 0. The van der Waals surface area contributed by atoms with E-state index in [2.05, 4.69) is 11.9 Å². The van der Waals surface area contributed by atoms with Crippen LogP contribution in [-0.2, 0) is 13.2 Å². The van der Waals surface area contributed by atoms with E-state index in [1.54, 1.807) is 0 Å². The Balaban J connectivity index is 1.99. The first-order chi connectivity index (χ1) is 7.79. The minimum Gasteiger partial charge on any atom is -0.487 e. The van der Waals surface area contributed by atoms with E-state index in [1.807, 2.05) is 48.3 Å². The van der Waals surface area contributed by atoms with E-state index < -0.39 is 0 Å². The van der Waals surface area contributed by atoms with Gasteiger partial charge in [-0.2, -0.15) is 0 Å². The summed E-state index contributed by atoms with van der Waals surface area (Å²) in [6.07, 6.45) is 3.84. The van der Waals surface area contributed by atoms with Gasteiger partial charge in [0.25, 0.3) is 0 Å². The molecule has 0 unspecified atom stereocenters. The molecule has 1 aromatic heterocycles. The topological polar surface area (TPSA) is 27.1 Å². The molecule has 0 aliphatic rings. The molecule has 1 aromatic carbocycles. The lowest BCUT2D eigenvalue weighted by Crippen LogP contribution is -1.97. The highest BCUT2D eigenvalue weighted by atomic mass is 16.5. The Labute approximate surface area is 95.7 Å². The summed E-state index contributed by atoms with van der Waals surface area (Å²) in [5.41, 5.74) is 2.11. The molecule has 3 nitrogen and oxygen atoms in total. The quantitative estimate of drug-likeness (QED) is 0.785. The first-order valence-electron chi connectivity index (χ1n) is 5.48. The number of benzene rings is 1. The molecule has 0 saturated carbocycles. The summed E-state index contributed by atoms with van der Waals surface area (Å²) in [6, 6.07) is 8.01. The van der Waals surface area contributed by atoms with Crippen LogP contribution in [0.4, 0.5) is 0 Å². The van der Waals surface area contributed by atoms with Crippen LogP contribution >= 0.6 is 0 Å². The van der Waals surface area contributed by atoms with Gasteiger partial charge in [-0.3, -0.25) is 0 Å². The molecule has 3 heteroatoms. The molecule has 0 atom stereocenters. The number of aryl methyl sites for hydroxylation is 2. The highest BCUT2D eigenvalue weighted by molar-refractivity contribution is 5.31. The number of ether oxygens (including phenoxy) is 1. The second-order valence-corrected chi connectivity index (χ2v) is 3.75. The number of para-hydroxylation sites is 1. The van der Waals surface area contributed by atoms with Gasteiger partial charge in [-0.25, -0.2) is 4.98 Å². The van der Waals surface area contributed by atoms with Crippen LogP contribution in [0.1, 0.15) is 18.2 Å². The van der Waals surface area contributed by atoms with Gasteiger partial charge in [0.05, 0.1) is 12.0 Å². The van der Waals surface area contributed by atoms with Crippen molar-refractivity contribution < 1.29 is 4.74 Å². The summed E-state index contributed by atoms with van der Waals surface area (Å²) in [6.45, 7) is 5.60. The fourth-order valence-electron chi connectivity index (χ4n) is 1.52. The van der Waals surface area contributed by atoms with E-state index in [0.29, 0.717) is 6.61 Å². The largest absolute Gasteiger partial charge is 0.487 e. The summed E-state index contributed by atoms with van der Waals surface area (Å²) in [4.78, 5) is 4.27. The summed E-state index contributed by atoms with van der Waals surface area (Å²) >= 11 is 0. The highest BCUT2D eigenvalue weighted by Crippen LogP contribution is 2.17. The maximum atomic E-state index is 5.70. The molecule has 0 bridgehead atoms. The van der Waals surface area contributed by atoms with Crippen LogP contribution in [0.15, 0.2) is 36.8 Å². The number of rotatable bonds is 4. The average molecular weight is 216 g/mol. The molecule has 84 valence electrons. The molecule has 0 N–H and O–H groups in total. The highest BCUT2D eigenvalue weighted by Gasteiger charge is 2.01. The monoisotopic (exact) mass is 216 g/mol. The van der Waals surface area contributed by atoms with Crippen molar-refractivity contribution in [2.75, 3.05) is 0 Å². The van der Waals surface area contributed by atoms with Gasteiger partial charge >= 0.3 is 0 Å². The van der Waals surface area contributed by atoms with Gasteiger partial charge in [-0.15, -0.1) is 0 Å². The van der Waals surface area contributed by atoms with Gasteiger partial charge in [0.15, 0.2) is 0 Å². The summed E-state index contributed by atoms with van der Waals surface area (Å²) < 4.78 is 7.74. The molecule has 2 aromatic rings. The molecule has 0 amide bonds. The SMILES string of the molecule is CCn1cnc(COc2ccccc2C)c1. The third-order valence-electron chi connectivity index (χ3n) is 2.52. The third kappa shape index (κ3) is 2.42. The molecule has 0 radical (unpaired) electrons. The molecular weight excluding hydrogens is 200 g/mol. The molecular formula is C13H16N2O. The molecule has 16 heavy (non-hydrogen) atoms. The van der Waals surface area contributed by atoms with Gasteiger partial charge in [0.1, 0.15) is 12.4 Å². The van der Waals surface area contributed by atoms with E-state index in [-0.39, 0.29) is 0 Å². The van der Waals surface area contributed by atoms with Crippen molar-refractivity contribution >= 4 is 0 Å². The number of nitrogens with zero attached hydrogens (tertiary/aromatic N) is 2. The minimum absolute atomic E-state index is 0.526. The number of aromatic nitrogens is 2. The van der Waals surface area contributed by atoms with Gasteiger partial charge < -0.3 is 9.30 Å². The van der Waals surface area contributed by atoms with Crippen molar-refractivity contribution in [3.05, 3.63) is 48.0 Å². The van der Waals surface area contributed by atoms with Crippen LogP contribution in [0.2, 0.25) is 0 Å². The standard InChI is InChI=1S/C13H16N2O/c1-3-15-8-12(14-10-15)9-16-13-7-5-4-6-11(13)2/h4-8,10H,3,9H2,1-2H3. The van der Waals surface area contributed by atoms with Crippen LogP contribution < -0.4 is 4.74 Å². The number of hydrogen-bond acceptors (Lipinski definition) is 2. The maximum Gasteiger partial charge on any atom is 0.132 e. The lowest BCUT2D eigenvalue weighted by molar-refractivity contribution is 0.299. The fraction of sp³-hybridized carbons (Fsp3) is 0.308. The second kappa shape index (κ2) is 4.84. The van der Waals surface area contributed by atoms with Crippen molar-refractivity contribution in [3.8, 4) is 5.75 Å². The zero-order valence-electron chi connectivity index (χ0n) is 9.68. The van der Waals surface area contributed by atoms with Crippen LogP contribution in [0.3, 0.4) is 0 Å². The van der Waals surface area contributed by atoms with E-state index in [1.165, 1.54) is 0 Å². The van der Waals surface area contributed by atoms with E-state index >= 15 is 0 Å². The molecule has 2 rings (SSSR count). The van der Waals surface area contributed by atoms with Crippen molar-refractivity contribution in [1.82, 2.24) is 9.55 Å². The maximum absolute atomic E-state index is 5.70. The average Bonchev–Trinajstić information content (AvgIpc) is 2.76. The Morgan fingerprint density at radius 3 is 2.81 bits per heavy atom. The Hall–Kier alpha value is -1.77. The lowest BCUT2D eigenvalue weighted by Gasteiger charge is -2.06. The Morgan fingerprint density at radius 2 is 2.12 bits per heavy atom. The lowest BCUT2D eigenvalue weighted by atomic mass is 10.2. The molecule has 0 spiro atoms. The van der Waals surface area contributed by atoms with Crippen LogP contribution in [0, 0.1) is 6.92 Å². The van der Waals surface area contributed by atoms with Gasteiger partial charge in [-0.05, 0) is 25.5 Å². The smallest absolute Gasteiger partial charge is 0.132 e. The Bertz CT molecular complexity index is 462. The summed E-state index contributed by atoms with van der Waals surface area (Å²) in [5.74, 6) is 0.925. The van der Waals surface area contributed by atoms with Crippen molar-refractivity contribution in [2.45, 2.75) is 27.0 Å². The predicted octanol–water partition coefficient (Wildman–Crippen LogP) is 2.79. The third-order valence-corrected chi connectivity index (χ3v) is 2.52. The summed E-state index contributed by atoms with van der Waals surface area (Å²) in [5, 5.41) is 0. The second-order valence-electron chi connectivity index (χ2n) is 3.75. The zero-order chi connectivity index (χ0) is 11.4. The minimum atomic E-state index is 0.526. The van der Waals surface area contributed by atoms with E-state index in [9.17, 15) is 0 Å². The first-order valence-corrected chi connectivity index (χ1v) is 5.48. The van der Waals surface area contributed by atoms with Crippen molar-refractivity contribution in [2.24, 2.45) is 0 Å². The number of imidazole rings is 1. The molecule has 0 aliphatic carbocycles. The van der Waals surface area contributed by atoms with Gasteiger partial charge in [-0.1, -0.05) is 18.2 Å². The fourth-order valence-corrected chi connectivity index (χ4v) is 1.52.